The van der Waals surface area contributed by atoms with Crippen molar-refractivity contribution in [1.29, 1.82) is 0 Å². The summed E-state index contributed by atoms with van der Waals surface area (Å²) in [5, 5.41) is 8.08. The Morgan fingerprint density at radius 2 is 1.92 bits per heavy atom. The van der Waals surface area contributed by atoms with Crippen molar-refractivity contribution in [2.45, 2.75) is 72.3 Å². The third-order valence-corrected chi connectivity index (χ3v) is 4.49. The van der Waals surface area contributed by atoms with Crippen LogP contribution in [0, 0.1) is 5.41 Å². The predicted octanol–water partition coefficient (Wildman–Crippen LogP) is 4.24. The average Bonchev–Trinajstić information content (AvgIpc) is 2.96. The first-order chi connectivity index (χ1) is 11.8. The van der Waals surface area contributed by atoms with Crippen molar-refractivity contribution in [2.75, 3.05) is 5.32 Å². The van der Waals surface area contributed by atoms with Gasteiger partial charge >= 0.3 is 0 Å². The molecule has 144 valence electrons. The molecule has 6 nitrogen and oxygen atoms in total. The van der Waals surface area contributed by atoms with Crippen LogP contribution in [-0.4, -0.2) is 26.0 Å². The van der Waals surface area contributed by atoms with Crippen LogP contribution in [0.25, 0.3) is 5.65 Å². The monoisotopic (exact) mass is 359 g/mol. The molecule has 4 N–H and O–H groups in total. The van der Waals surface area contributed by atoms with Gasteiger partial charge in [0.2, 0.25) is 0 Å². The van der Waals surface area contributed by atoms with Crippen LogP contribution in [0.1, 0.15) is 77.4 Å². The smallest absolute Gasteiger partial charge is 0.254 e. The summed E-state index contributed by atoms with van der Waals surface area (Å²) in [6.07, 6.45) is 5.18. The molecule has 0 aromatic carbocycles. The number of allylic oxidation sites excluding steroid dienone is 1. The van der Waals surface area contributed by atoms with Crippen molar-refractivity contribution in [2.24, 2.45) is 11.1 Å². The van der Waals surface area contributed by atoms with E-state index in [0.717, 1.165) is 24.4 Å². The lowest BCUT2D eigenvalue weighted by Crippen LogP contribution is -2.37. The standard InChI is InChI=1S/C20H33N5O/c1-9-10-19(5,6)14-17(24-20(7,8)12-18(2,3)4)25-16(23-14)13(11-22-25)15(21)26/h9,11,23-24H,1,10,12H2,2-8H3,(H2,21,26). The highest BCUT2D eigenvalue weighted by Crippen LogP contribution is 2.37. The molecule has 2 aromatic heterocycles. The summed E-state index contributed by atoms with van der Waals surface area (Å²) >= 11 is 0. The Balaban J connectivity index is 2.61. The number of rotatable bonds is 7. The van der Waals surface area contributed by atoms with Gasteiger partial charge in [0.1, 0.15) is 17.0 Å². The summed E-state index contributed by atoms with van der Waals surface area (Å²) < 4.78 is 1.75. The zero-order chi connectivity index (χ0) is 19.9. The van der Waals surface area contributed by atoms with E-state index in [0.29, 0.717) is 11.2 Å². The molecule has 0 fully saturated rings. The molecule has 0 saturated heterocycles. The summed E-state index contributed by atoms with van der Waals surface area (Å²) in [6, 6.07) is 0. The van der Waals surface area contributed by atoms with E-state index in [9.17, 15) is 4.79 Å². The maximum Gasteiger partial charge on any atom is 0.254 e. The van der Waals surface area contributed by atoms with Crippen LogP contribution in [0.2, 0.25) is 0 Å². The van der Waals surface area contributed by atoms with Gasteiger partial charge in [0, 0.05) is 11.0 Å². The van der Waals surface area contributed by atoms with Gasteiger partial charge in [0.05, 0.1) is 11.9 Å². The number of imidazole rings is 1. The van der Waals surface area contributed by atoms with Gasteiger partial charge in [0.15, 0.2) is 0 Å². The molecule has 2 aromatic rings. The molecule has 0 spiro atoms. The lowest BCUT2D eigenvalue weighted by Gasteiger charge is -2.35. The number of primary amides is 1. The molecular formula is C20H33N5O. The van der Waals surface area contributed by atoms with Gasteiger partial charge < -0.3 is 16.0 Å². The van der Waals surface area contributed by atoms with E-state index in [-0.39, 0.29) is 16.4 Å². The number of aromatic nitrogens is 3. The molecule has 0 aliphatic carbocycles. The van der Waals surface area contributed by atoms with Crippen molar-refractivity contribution in [1.82, 2.24) is 14.6 Å². The molecule has 26 heavy (non-hydrogen) atoms. The van der Waals surface area contributed by atoms with Crippen LogP contribution in [0.4, 0.5) is 5.82 Å². The summed E-state index contributed by atoms with van der Waals surface area (Å²) in [7, 11) is 0. The molecule has 0 radical (unpaired) electrons. The van der Waals surface area contributed by atoms with Crippen LogP contribution >= 0.6 is 0 Å². The fourth-order valence-corrected chi connectivity index (χ4v) is 3.86. The first-order valence-electron chi connectivity index (χ1n) is 9.06. The Morgan fingerprint density at radius 3 is 2.42 bits per heavy atom. The molecular weight excluding hydrogens is 326 g/mol. The van der Waals surface area contributed by atoms with Gasteiger partial charge in [-0.1, -0.05) is 40.7 Å². The lowest BCUT2D eigenvalue weighted by molar-refractivity contribution is 0.100. The van der Waals surface area contributed by atoms with Gasteiger partial charge in [-0.15, -0.1) is 6.58 Å². The lowest BCUT2D eigenvalue weighted by atomic mass is 9.81. The third-order valence-electron chi connectivity index (χ3n) is 4.49. The summed E-state index contributed by atoms with van der Waals surface area (Å²) in [4.78, 5) is 15.2. The normalized spacial score (nSPS) is 13.2. The highest BCUT2D eigenvalue weighted by atomic mass is 16.1. The van der Waals surface area contributed by atoms with Gasteiger partial charge in [-0.25, -0.2) is 0 Å². The van der Waals surface area contributed by atoms with E-state index in [1.807, 2.05) is 6.08 Å². The fraction of sp³-hybridized carbons (Fsp3) is 0.600. The second kappa shape index (κ2) is 6.49. The van der Waals surface area contributed by atoms with Crippen LogP contribution in [0.15, 0.2) is 18.9 Å². The van der Waals surface area contributed by atoms with Crippen LogP contribution < -0.4 is 11.1 Å². The van der Waals surface area contributed by atoms with Crippen molar-refractivity contribution >= 4 is 17.4 Å². The van der Waals surface area contributed by atoms with Gasteiger partial charge in [0.25, 0.3) is 5.91 Å². The Labute approximate surface area is 156 Å². The number of H-pyrrole nitrogens is 1. The molecule has 0 unspecified atom stereocenters. The largest absolute Gasteiger partial charge is 0.365 e. The van der Waals surface area contributed by atoms with Gasteiger partial charge in [-0.3, -0.25) is 4.79 Å². The minimum absolute atomic E-state index is 0.161. The molecule has 0 bridgehead atoms. The predicted molar refractivity (Wildman–Crippen MR) is 108 cm³/mol. The zero-order valence-electron chi connectivity index (χ0n) is 17.2. The minimum atomic E-state index is -0.491. The number of aromatic amines is 1. The Hall–Kier alpha value is -2.24. The second-order valence-electron chi connectivity index (χ2n) is 9.65. The molecule has 0 saturated carbocycles. The van der Waals surface area contributed by atoms with Crippen molar-refractivity contribution < 1.29 is 4.79 Å². The summed E-state index contributed by atoms with van der Waals surface area (Å²) in [5.74, 6) is 0.378. The number of hydrogen-bond acceptors (Lipinski definition) is 3. The van der Waals surface area contributed by atoms with E-state index in [1.165, 1.54) is 6.20 Å². The highest BCUT2D eigenvalue weighted by Gasteiger charge is 2.33. The number of hydrogen-bond donors (Lipinski definition) is 3. The zero-order valence-corrected chi connectivity index (χ0v) is 17.2. The molecule has 0 atom stereocenters. The second-order valence-corrected chi connectivity index (χ2v) is 9.65. The van der Waals surface area contributed by atoms with Crippen molar-refractivity contribution in [3.8, 4) is 0 Å². The number of fused-ring (bicyclic) bond motifs is 1. The summed E-state index contributed by atoms with van der Waals surface area (Å²) in [5.41, 5.74) is 7.33. The molecule has 2 rings (SSSR count). The highest BCUT2D eigenvalue weighted by molar-refractivity contribution is 5.99. The number of anilines is 1. The fourth-order valence-electron chi connectivity index (χ4n) is 3.86. The number of nitrogens with two attached hydrogens (primary N) is 1. The minimum Gasteiger partial charge on any atom is -0.365 e. The van der Waals surface area contributed by atoms with Crippen LogP contribution in [0.3, 0.4) is 0 Å². The molecule has 0 aliphatic heterocycles. The Kier molecular flexibility index (Phi) is 5.01. The van der Waals surface area contributed by atoms with E-state index in [1.54, 1.807) is 4.52 Å². The van der Waals surface area contributed by atoms with E-state index in [2.05, 4.69) is 70.4 Å². The van der Waals surface area contributed by atoms with E-state index < -0.39 is 5.91 Å². The summed E-state index contributed by atoms with van der Waals surface area (Å²) in [6.45, 7) is 19.2. The van der Waals surface area contributed by atoms with Crippen LogP contribution in [0.5, 0.6) is 0 Å². The topological polar surface area (TPSA) is 88.2 Å². The van der Waals surface area contributed by atoms with Crippen molar-refractivity contribution in [3.63, 3.8) is 0 Å². The van der Waals surface area contributed by atoms with Crippen molar-refractivity contribution in [3.05, 3.63) is 30.1 Å². The van der Waals surface area contributed by atoms with E-state index >= 15 is 0 Å². The average molecular weight is 360 g/mol. The number of nitrogens with one attached hydrogen (secondary N) is 2. The molecule has 0 aliphatic rings. The molecule has 6 heteroatoms. The maximum absolute atomic E-state index is 11.8. The van der Waals surface area contributed by atoms with Gasteiger partial charge in [-0.05, 0) is 32.1 Å². The first kappa shape index (κ1) is 20.1. The third kappa shape index (κ3) is 4.11. The maximum atomic E-state index is 11.8. The first-order valence-corrected chi connectivity index (χ1v) is 9.06. The quantitative estimate of drug-likeness (QED) is 0.646. The molecule has 1 amide bonds. The number of carbonyl (C=O) groups is 1. The molecule has 2 heterocycles. The number of amides is 1. The number of carbonyl (C=O) groups excluding carboxylic acids is 1. The van der Waals surface area contributed by atoms with E-state index in [4.69, 9.17) is 5.73 Å². The Morgan fingerprint density at radius 1 is 1.31 bits per heavy atom. The Bertz CT molecular complexity index is 817. The van der Waals surface area contributed by atoms with Crippen LogP contribution in [-0.2, 0) is 5.41 Å². The number of nitrogens with zero attached hydrogens (tertiary/aromatic N) is 2. The van der Waals surface area contributed by atoms with Gasteiger partial charge in [-0.2, -0.15) is 9.61 Å². The SMILES string of the molecule is C=CCC(C)(C)c1[nH]c2c(C(N)=O)cnn2c1NC(C)(C)CC(C)(C)C.